The van der Waals surface area contributed by atoms with Gasteiger partial charge in [0, 0.05) is 19.2 Å². The smallest absolute Gasteiger partial charge is 0.246 e. The highest BCUT2D eigenvalue weighted by molar-refractivity contribution is 6.30. The van der Waals surface area contributed by atoms with Gasteiger partial charge in [-0.1, -0.05) is 11.6 Å². The molecule has 0 aliphatic carbocycles. The summed E-state index contributed by atoms with van der Waals surface area (Å²) in [6.45, 7) is 1.86. The highest BCUT2D eigenvalue weighted by Crippen LogP contribution is 2.22. The number of nitrogen functional groups attached to an aromatic ring is 1. The van der Waals surface area contributed by atoms with Crippen molar-refractivity contribution in [3.8, 4) is 5.69 Å². The van der Waals surface area contributed by atoms with Gasteiger partial charge in [0.05, 0.1) is 10.7 Å². The Morgan fingerprint density at radius 2 is 2.00 bits per heavy atom. The molecule has 1 aliphatic heterocycles. The predicted octanol–water partition coefficient (Wildman–Crippen LogP) is 2.24. The first-order valence-electron chi connectivity index (χ1n) is 6.08. The predicted molar refractivity (Wildman–Crippen MR) is 72.2 cm³/mol. The Bertz CT molecular complexity index is 606. The molecule has 5 nitrogen and oxygen atoms in total. The van der Waals surface area contributed by atoms with E-state index in [1.54, 1.807) is 6.07 Å². The van der Waals surface area contributed by atoms with E-state index < -0.39 is 5.82 Å². The van der Waals surface area contributed by atoms with E-state index in [0.29, 0.717) is 11.6 Å². The molecule has 3 rings (SSSR count). The largest absolute Gasteiger partial charge is 0.368 e. The fourth-order valence-corrected chi connectivity index (χ4v) is 2.29. The maximum Gasteiger partial charge on any atom is 0.246 e. The van der Waals surface area contributed by atoms with Gasteiger partial charge in [-0.2, -0.15) is 9.67 Å². The second-order valence-corrected chi connectivity index (χ2v) is 4.88. The van der Waals surface area contributed by atoms with Crippen molar-refractivity contribution in [2.24, 2.45) is 0 Å². The zero-order valence-electron chi connectivity index (χ0n) is 10.2. The quantitative estimate of drug-likeness (QED) is 0.917. The summed E-state index contributed by atoms with van der Waals surface area (Å²) in [5.41, 5.74) is 6.35. The van der Waals surface area contributed by atoms with Gasteiger partial charge in [-0.15, -0.1) is 5.10 Å². The number of aromatic nitrogens is 3. The third-order valence-corrected chi connectivity index (χ3v) is 3.46. The Balaban J connectivity index is 1.97. The van der Waals surface area contributed by atoms with Crippen molar-refractivity contribution in [2.45, 2.75) is 12.8 Å². The van der Waals surface area contributed by atoms with Crippen molar-refractivity contribution >= 4 is 23.5 Å². The molecule has 1 aromatic carbocycles. The number of benzene rings is 1. The molecule has 19 heavy (non-hydrogen) atoms. The van der Waals surface area contributed by atoms with Crippen molar-refractivity contribution in [2.75, 3.05) is 23.7 Å². The Kier molecular flexibility index (Phi) is 3.02. The first-order valence-corrected chi connectivity index (χ1v) is 6.46. The summed E-state index contributed by atoms with van der Waals surface area (Å²) in [7, 11) is 0. The van der Waals surface area contributed by atoms with Gasteiger partial charge >= 0.3 is 0 Å². The first-order chi connectivity index (χ1) is 9.15. The molecule has 0 spiro atoms. The van der Waals surface area contributed by atoms with Crippen LogP contribution in [0.4, 0.5) is 16.3 Å². The van der Waals surface area contributed by atoms with Crippen molar-refractivity contribution in [1.82, 2.24) is 14.8 Å². The summed E-state index contributed by atoms with van der Waals surface area (Å²) < 4.78 is 14.9. The average molecular weight is 282 g/mol. The topological polar surface area (TPSA) is 60.0 Å². The van der Waals surface area contributed by atoms with Crippen LogP contribution >= 0.6 is 11.6 Å². The van der Waals surface area contributed by atoms with Crippen molar-refractivity contribution in [1.29, 1.82) is 0 Å². The van der Waals surface area contributed by atoms with Crippen LogP contribution in [0.2, 0.25) is 5.02 Å². The van der Waals surface area contributed by atoms with Crippen molar-refractivity contribution in [3.05, 3.63) is 29.0 Å². The van der Waals surface area contributed by atoms with Crippen LogP contribution in [0, 0.1) is 5.82 Å². The Labute approximate surface area is 114 Å². The molecule has 0 atom stereocenters. The van der Waals surface area contributed by atoms with Crippen molar-refractivity contribution < 1.29 is 4.39 Å². The van der Waals surface area contributed by atoms with Crippen LogP contribution in [0.5, 0.6) is 0 Å². The molecule has 0 unspecified atom stereocenters. The van der Waals surface area contributed by atoms with E-state index in [1.807, 2.05) is 0 Å². The average Bonchev–Trinajstić information content (AvgIpc) is 3.01. The molecule has 1 aliphatic rings. The lowest BCUT2D eigenvalue weighted by molar-refractivity contribution is 0.626. The molecule has 2 N–H and O–H groups in total. The number of rotatable bonds is 2. The van der Waals surface area contributed by atoms with Gasteiger partial charge in [-0.25, -0.2) is 4.39 Å². The molecule has 0 bridgehead atoms. The molecule has 1 fully saturated rings. The van der Waals surface area contributed by atoms with E-state index in [-0.39, 0.29) is 11.0 Å². The molecule has 0 radical (unpaired) electrons. The van der Waals surface area contributed by atoms with Crippen LogP contribution < -0.4 is 10.6 Å². The van der Waals surface area contributed by atoms with Gasteiger partial charge < -0.3 is 10.6 Å². The Morgan fingerprint density at radius 3 is 2.68 bits per heavy atom. The number of anilines is 2. The summed E-state index contributed by atoms with van der Waals surface area (Å²) in [5.74, 6) is 0.325. The van der Waals surface area contributed by atoms with E-state index in [1.165, 1.54) is 16.8 Å². The van der Waals surface area contributed by atoms with Crippen LogP contribution in [0.25, 0.3) is 5.69 Å². The Morgan fingerprint density at radius 1 is 1.26 bits per heavy atom. The summed E-state index contributed by atoms with van der Waals surface area (Å²) >= 11 is 5.66. The van der Waals surface area contributed by atoms with Gasteiger partial charge in [0.1, 0.15) is 5.82 Å². The molecule has 7 heteroatoms. The summed E-state index contributed by atoms with van der Waals surface area (Å²) in [6, 6.07) is 4.42. The maximum absolute atomic E-state index is 13.5. The molecule has 100 valence electrons. The van der Waals surface area contributed by atoms with Gasteiger partial charge in [0.2, 0.25) is 11.9 Å². The second kappa shape index (κ2) is 4.70. The Hall–Kier alpha value is -1.82. The molecule has 2 heterocycles. The van der Waals surface area contributed by atoms with E-state index in [4.69, 9.17) is 17.3 Å². The standard InChI is InChI=1S/C12H13ClFN5/c13-9-4-3-8(7-10(9)14)19-11(15)16-12(17-19)18-5-1-2-6-18/h3-4,7H,1-2,5-6H2,(H2,15,16,17). The summed E-state index contributed by atoms with van der Waals surface area (Å²) in [5, 5.41) is 4.40. The van der Waals surface area contributed by atoms with E-state index in [2.05, 4.69) is 15.0 Å². The summed E-state index contributed by atoms with van der Waals surface area (Å²) in [6.07, 6.45) is 2.26. The fraction of sp³-hybridized carbons (Fsp3) is 0.333. The van der Waals surface area contributed by atoms with Gasteiger partial charge in [0.15, 0.2) is 0 Å². The van der Waals surface area contributed by atoms with Crippen LogP contribution in [-0.4, -0.2) is 27.9 Å². The molecule has 2 aromatic rings. The molecule has 0 amide bonds. The molecular weight excluding hydrogens is 269 g/mol. The number of halogens is 2. The first kappa shape index (κ1) is 12.2. The number of nitrogens with zero attached hydrogens (tertiary/aromatic N) is 4. The normalized spacial score (nSPS) is 15.2. The fourth-order valence-electron chi connectivity index (χ4n) is 2.17. The number of hydrogen-bond donors (Lipinski definition) is 1. The third-order valence-electron chi connectivity index (χ3n) is 3.16. The minimum absolute atomic E-state index is 0.0715. The minimum atomic E-state index is -0.503. The monoisotopic (exact) mass is 281 g/mol. The third kappa shape index (κ3) is 2.23. The molecule has 1 aromatic heterocycles. The number of nitrogens with two attached hydrogens (primary N) is 1. The van der Waals surface area contributed by atoms with Gasteiger partial charge in [-0.05, 0) is 25.0 Å². The molecule has 1 saturated heterocycles. The van der Waals surface area contributed by atoms with E-state index in [9.17, 15) is 4.39 Å². The lowest BCUT2D eigenvalue weighted by atomic mass is 10.3. The zero-order chi connectivity index (χ0) is 13.4. The minimum Gasteiger partial charge on any atom is -0.368 e. The highest BCUT2D eigenvalue weighted by atomic mass is 35.5. The summed E-state index contributed by atoms with van der Waals surface area (Å²) in [4.78, 5) is 6.29. The lowest BCUT2D eigenvalue weighted by Gasteiger charge is -2.10. The van der Waals surface area contributed by atoms with Crippen molar-refractivity contribution in [3.63, 3.8) is 0 Å². The van der Waals surface area contributed by atoms with Crippen LogP contribution in [-0.2, 0) is 0 Å². The van der Waals surface area contributed by atoms with Gasteiger partial charge in [0.25, 0.3) is 0 Å². The zero-order valence-corrected chi connectivity index (χ0v) is 10.9. The van der Waals surface area contributed by atoms with Crippen LogP contribution in [0.15, 0.2) is 18.2 Å². The van der Waals surface area contributed by atoms with Gasteiger partial charge in [-0.3, -0.25) is 0 Å². The van der Waals surface area contributed by atoms with E-state index in [0.717, 1.165) is 25.9 Å². The van der Waals surface area contributed by atoms with Crippen LogP contribution in [0.3, 0.4) is 0 Å². The van der Waals surface area contributed by atoms with Crippen LogP contribution in [0.1, 0.15) is 12.8 Å². The lowest BCUT2D eigenvalue weighted by Crippen LogP contribution is -2.19. The molecular formula is C12H13ClFN5. The second-order valence-electron chi connectivity index (χ2n) is 4.47. The highest BCUT2D eigenvalue weighted by Gasteiger charge is 2.19. The maximum atomic E-state index is 13.5. The number of hydrogen-bond acceptors (Lipinski definition) is 4. The molecule has 0 saturated carbocycles. The van der Waals surface area contributed by atoms with E-state index >= 15 is 0 Å². The SMILES string of the molecule is Nc1nc(N2CCCC2)nn1-c1ccc(Cl)c(F)c1.